The van der Waals surface area contributed by atoms with Gasteiger partial charge in [0.25, 0.3) is 0 Å². The molecule has 1 heterocycles. The van der Waals surface area contributed by atoms with E-state index in [2.05, 4.69) is 0 Å². The third kappa shape index (κ3) is 2.50. The normalized spacial score (nSPS) is 11.5. The van der Waals surface area contributed by atoms with Crippen LogP contribution in [-0.4, -0.2) is 12.1 Å². The molecular weight excluding hydrogens is 251 g/mol. The fourth-order valence-corrected chi connectivity index (χ4v) is 1.35. The number of carbonyl (C=O) groups excluding carboxylic acids is 1. The second-order valence-electron chi connectivity index (χ2n) is 3.46. The first-order chi connectivity index (χ1) is 8.36. The number of hydrogen-bond acceptors (Lipinski definition) is 3. The summed E-state index contributed by atoms with van der Waals surface area (Å²) in [5.74, 6) is -2.06. The number of anilines is 1. The smallest absolute Gasteiger partial charge is 0.423 e. The van der Waals surface area contributed by atoms with Crippen LogP contribution >= 0.6 is 0 Å². The average molecular weight is 257 g/mol. The van der Waals surface area contributed by atoms with E-state index in [0.29, 0.717) is 5.39 Å². The Balaban J connectivity index is 2.34. The molecule has 0 fully saturated rings. The molecule has 4 nitrogen and oxygen atoms in total. The van der Waals surface area contributed by atoms with Crippen LogP contribution in [0.5, 0.6) is 0 Å². The zero-order valence-electron chi connectivity index (χ0n) is 8.75. The van der Waals surface area contributed by atoms with E-state index >= 15 is 0 Å². The number of carbonyl (C=O) groups is 1. The van der Waals surface area contributed by atoms with E-state index in [1.807, 2.05) is 0 Å². The summed E-state index contributed by atoms with van der Waals surface area (Å²) in [5.41, 5.74) is -0.360. The van der Waals surface area contributed by atoms with Gasteiger partial charge in [-0.2, -0.15) is 13.2 Å². The van der Waals surface area contributed by atoms with Gasteiger partial charge in [-0.3, -0.25) is 4.79 Å². The molecule has 0 bridgehead atoms. The van der Waals surface area contributed by atoms with Crippen molar-refractivity contribution in [3.63, 3.8) is 0 Å². The standard InChI is InChI=1S/C11H6F3NO3/c12-11(13,14)10(17)15-7-2-3-8-6(5-7)1-4-9(16)18-8/h1-5H,(H,15,17). The van der Waals surface area contributed by atoms with Gasteiger partial charge in [-0.1, -0.05) is 0 Å². The monoisotopic (exact) mass is 257 g/mol. The minimum atomic E-state index is -4.95. The van der Waals surface area contributed by atoms with Crippen LogP contribution in [0.1, 0.15) is 0 Å². The first-order valence-electron chi connectivity index (χ1n) is 4.78. The number of amides is 1. The van der Waals surface area contributed by atoms with E-state index < -0.39 is 17.7 Å². The summed E-state index contributed by atoms with van der Waals surface area (Å²) in [6.07, 6.45) is -4.95. The minimum Gasteiger partial charge on any atom is -0.423 e. The molecular formula is C11H6F3NO3. The lowest BCUT2D eigenvalue weighted by atomic mass is 10.2. The molecule has 0 unspecified atom stereocenters. The molecule has 7 heteroatoms. The molecule has 0 atom stereocenters. The topological polar surface area (TPSA) is 59.3 Å². The Hall–Kier alpha value is -2.31. The molecule has 18 heavy (non-hydrogen) atoms. The highest BCUT2D eigenvalue weighted by molar-refractivity contribution is 5.96. The van der Waals surface area contributed by atoms with Crippen molar-refractivity contribution < 1.29 is 22.4 Å². The van der Waals surface area contributed by atoms with Crippen LogP contribution in [-0.2, 0) is 4.79 Å². The minimum absolute atomic E-state index is 0.0290. The van der Waals surface area contributed by atoms with Crippen molar-refractivity contribution in [2.24, 2.45) is 0 Å². The van der Waals surface area contributed by atoms with Crippen molar-refractivity contribution in [2.75, 3.05) is 5.32 Å². The Bertz CT molecular complexity index is 660. The van der Waals surface area contributed by atoms with Crippen LogP contribution in [0.2, 0.25) is 0 Å². The highest BCUT2D eigenvalue weighted by Crippen LogP contribution is 2.21. The molecule has 0 saturated carbocycles. The zero-order valence-corrected chi connectivity index (χ0v) is 8.75. The van der Waals surface area contributed by atoms with Crippen LogP contribution < -0.4 is 10.9 Å². The van der Waals surface area contributed by atoms with Gasteiger partial charge >= 0.3 is 17.7 Å². The maximum Gasteiger partial charge on any atom is 0.471 e. The summed E-state index contributed by atoms with van der Waals surface area (Å²) in [6, 6.07) is 6.33. The molecule has 1 aromatic carbocycles. The van der Waals surface area contributed by atoms with Crippen LogP contribution in [0.25, 0.3) is 11.0 Å². The van der Waals surface area contributed by atoms with Crippen molar-refractivity contribution in [3.8, 4) is 0 Å². The van der Waals surface area contributed by atoms with E-state index in [4.69, 9.17) is 4.42 Å². The van der Waals surface area contributed by atoms with Crippen molar-refractivity contribution >= 4 is 22.6 Å². The molecule has 94 valence electrons. The van der Waals surface area contributed by atoms with Crippen LogP contribution in [0.15, 0.2) is 39.5 Å². The molecule has 0 spiro atoms. The lowest BCUT2D eigenvalue weighted by molar-refractivity contribution is -0.167. The van der Waals surface area contributed by atoms with Gasteiger partial charge in [0.2, 0.25) is 0 Å². The SMILES string of the molecule is O=C(Nc1ccc2oc(=O)ccc2c1)C(F)(F)F. The second kappa shape index (κ2) is 4.17. The van der Waals surface area contributed by atoms with Gasteiger partial charge < -0.3 is 9.73 Å². The quantitative estimate of drug-likeness (QED) is 0.797. The molecule has 1 N–H and O–H groups in total. The summed E-state index contributed by atoms with van der Waals surface area (Å²) in [7, 11) is 0. The largest absolute Gasteiger partial charge is 0.471 e. The molecule has 1 aromatic heterocycles. The molecule has 2 rings (SSSR count). The predicted octanol–water partition coefficient (Wildman–Crippen LogP) is 2.29. The first kappa shape index (κ1) is 12.2. The van der Waals surface area contributed by atoms with Crippen molar-refractivity contribution in [1.29, 1.82) is 0 Å². The number of halogens is 3. The Labute approximate surface area is 98.0 Å². The Morgan fingerprint density at radius 1 is 1.17 bits per heavy atom. The highest BCUT2D eigenvalue weighted by Gasteiger charge is 2.38. The number of nitrogens with one attached hydrogen (secondary N) is 1. The second-order valence-corrected chi connectivity index (χ2v) is 3.46. The van der Waals surface area contributed by atoms with Crippen LogP contribution in [0, 0.1) is 0 Å². The molecule has 0 radical (unpaired) electrons. The van der Waals surface area contributed by atoms with E-state index in [1.165, 1.54) is 24.3 Å². The number of benzene rings is 1. The molecule has 2 aromatic rings. The average Bonchev–Trinajstić information content (AvgIpc) is 2.28. The Morgan fingerprint density at radius 3 is 2.56 bits per heavy atom. The van der Waals surface area contributed by atoms with Crippen LogP contribution in [0.3, 0.4) is 0 Å². The molecule has 0 saturated heterocycles. The van der Waals surface area contributed by atoms with E-state index in [9.17, 15) is 22.8 Å². The Kier molecular flexibility index (Phi) is 2.82. The fraction of sp³-hybridized carbons (Fsp3) is 0.0909. The maximum atomic E-state index is 12.0. The zero-order chi connectivity index (χ0) is 13.3. The summed E-state index contributed by atoms with van der Waals surface area (Å²) in [6.45, 7) is 0. The van der Waals surface area contributed by atoms with Crippen molar-refractivity contribution in [2.45, 2.75) is 6.18 Å². The van der Waals surface area contributed by atoms with E-state index in [1.54, 1.807) is 5.32 Å². The van der Waals surface area contributed by atoms with Gasteiger partial charge in [-0.25, -0.2) is 4.79 Å². The summed E-state index contributed by atoms with van der Waals surface area (Å²) < 4.78 is 40.9. The highest BCUT2D eigenvalue weighted by atomic mass is 19.4. The third-order valence-electron chi connectivity index (χ3n) is 2.13. The summed E-state index contributed by atoms with van der Waals surface area (Å²) in [4.78, 5) is 21.6. The maximum absolute atomic E-state index is 12.0. The van der Waals surface area contributed by atoms with E-state index in [-0.39, 0.29) is 11.3 Å². The van der Waals surface area contributed by atoms with Crippen LogP contribution in [0.4, 0.5) is 18.9 Å². The third-order valence-corrected chi connectivity index (χ3v) is 2.13. The molecule has 0 aliphatic carbocycles. The lowest BCUT2D eigenvalue weighted by Crippen LogP contribution is -2.29. The van der Waals surface area contributed by atoms with Gasteiger partial charge in [0, 0.05) is 17.1 Å². The van der Waals surface area contributed by atoms with Crippen molar-refractivity contribution in [3.05, 3.63) is 40.8 Å². The van der Waals surface area contributed by atoms with Gasteiger partial charge in [-0.05, 0) is 24.3 Å². The number of fused-ring (bicyclic) bond motifs is 1. The molecule has 0 aliphatic rings. The van der Waals surface area contributed by atoms with Gasteiger partial charge in [-0.15, -0.1) is 0 Å². The number of rotatable bonds is 1. The Morgan fingerprint density at radius 2 is 1.89 bits per heavy atom. The first-order valence-corrected chi connectivity index (χ1v) is 4.78. The van der Waals surface area contributed by atoms with Gasteiger partial charge in [0.1, 0.15) is 5.58 Å². The fourth-order valence-electron chi connectivity index (χ4n) is 1.35. The lowest BCUT2D eigenvalue weighted by Gasteiger charge is -2.08. The van der Waals surface area contributed by atoms with Gasteiger partial charge in [0.05, 0.1) is 0 Å². The molecule has 0 aliphatic heterocycles. The predicted molar refractivity (Wildman–Crippen MR) is 57.2 cm³/mol. The summed E-state index contributed by atoms with van der Waals surface area (Å²) >= 11 is 0. The van der Waals surface area contributed by atoms with Crippen molar-refractivity contribution in [1.82, 2.24) is 0 Å². The number of alkyl halides is 3. The molecule has 1 amide bonds. The van der Waals surface area contributed by atoms with Gasteiger partial charge in [0.15, 0.2) is 0 Å². The number of hydrogen-bond donors (Lipinski definition) is 1. The summed E-state index contributed by atoms with van der Waals surface area (Å²) in [5, 5.41) is 2.12. The van der Waals surface area contributed by atoms with E-state index in [0.717, 1.165) is 6.07 Å².